The highest BCUT2D eigenvalue weighted by atomic mass is 35.5. The molecule has 1 saturated heterocycles. The summed E-state index contributed by atoms with van der Waals surface area (Å²) >= 11 is 6.38. The maximum Gasteiger partial charge on any atom is 0.326 e. The summed E-state index contributed by atoms with van der Waals surface area (Å²) in [5.74, 6) is -0.834. The molecule has 1 aliphatic carbocycles. The molecule has 0 radical (unpaired) electrons. The molecular formula is C30H39ClN2O4. The number of rotatable bonds is 7. The zero-order chi connectivity index (χ0) is 26.7. The largest absolute Gasteiger partial charge is 0.495 e. The molecular weight excluding hydrogens is 488 g/mol. The number of carboxylic acid groups (broad SMARTS) is 1. The van der Waals surface area contributed by atoms with Gasteiger partial charge in [0.2, 0.25) is 5.91 Å². The first-order valence-corrected chi connectivity index (χ1v) is 13.7. The Morgan fingerprint density at radius 3 is 2.32 bits per heavy atom. The number of benzene rings is 2. The summed E-state index contributed by atoms with van der Waals surface area (Å²) in [4.78, 5) is 28.8. The number of nitrogens with one attached hydrogen (secondary N) is 1. The molecule has 2 aromatic carbocycles. The van der Waals surface area contributed by atoms with Crippen molar-refractivity contribution in [2.75, 3.05) is 7.11 Å². The van der Waals surface area contributed by atoms with Crippen LogP contribution in [0.25, 0.3) is 0 Å². The summed E-state index contributed by atoms with van der Waals surface area (Å²) in [6.45, 7) is 6.64. The van der Waals surface area contributed by atoms with E-state index in [1.807, 2.05) is 42.5 Å². The Morgan fingerprint density at radius 2 is 1.73 bits per heavy atom. The third-order valence-corrected chi connectivity index (χ3v) is 8.35. The second-order valence-corrected chi connectivity index (χ2v) is 11.9. The minimum Gasteiger partial charge on any atom is -0.495 e. The van der Waals surface area contributed by atoms with Crippen LogP contribution in [0.3, 0.4) is 0 Å². The fraction of sp³-hybridized carbons (Fsp3) is 0.533. The lowest BCUT2D eigenvalue weighted by atomic mass is 9.72. The van der Waals surface area contributed by atoms with Crippen LogP contribution in [0.2, 0.25) is 5.02 Å². The SMILES string of the molecule is COc1c(Cl)cccc1CN[C@@H]1[C@@H](C(C)(C)C)[C@H](C(=O)O)N(C(=O)C2CCCCC2)[C@@H]1c1ccccc1. The molecule has 200 valence electrons. The monoisotopic (exact) mass is 526 g/mol. The number of carbonyl (C=O) groups is 2. The molecule has 6 nitrogen and oxygen atoms in total. The first kappa shape index (κ1) is 27.5. The van der Waals surface area contributed by atoms with Crippen LogP contribution in [0.4, 0.5) is 0 Å². The Labute approximate surface area is 225 Å². The van der Waals surface area contributed by atoms with Crippen molar-refractivity contribution in [1.29, 1.82) is 0 Å². The number of hydrogen-bond acceptors (Lipinski definition) is 4. The lowest BCUT2D eigenvalue weighted by Gasteiger charge is -2.36. The molecule has 2 aliphatic rings. The lowest BCUT2D eigenvalue weighted by Crippen LogP contribution is -2.49. The van der Waals surface area contributed by atoms with E-state index in [1.165, 1.54) is 0 Å². The Bertz CT molecular complexity index is 1090. The Balaban J connectivity index is 1.80. The van der Waals surface area contributed by atoms with Crippen LogP contribution in [0, 0.1) is 17.3 Å². The number of carbonyl (C=O) groups excluding carboxylic acids is 1. The molecule has 0 spiro atoms. The number of hydrogen-bond donors (Lipinski definition) is 2. The number of likely N-dealkylation sites (tertiary alicyclic amines) is 1. The van der Waals surface area contributed by atoms with Crippen LogP contribution < -0.4 is 10.1 Å². The van der Waals surface area contributed by atoms with Gasteiger partial charge in [-0.3, -0.25) is 4.79 Å². The van der Waals surface area contributed by atoms with Crippen molar-refractivity contribution in [3.63, 3.8) is 0 Å². The van der Waals surface area contributed by atoms with Crippen molar-refractivity contribution >= 4 is 23.5 Å². The molecule has 1 saturated carbocycles. The molecule has 2 N–H and O–H groups in total. The number of para-hydroxylation sites is 1. The van der Waals surface area contributed by atoms with E-state index in [1.54, 1.807) is 18.1 Å². The number of nitrogens with zero attached hydrogens (tertiary/aromatic N) is 1. The van der Waals surface area contributed by atoms with Gasteiger partial charge in [0.25, 0.3) is 0 Å². The molecule has 0 unspecified atom stereocenters. The minimum atomic E-state index is -0.949. The second-order valence-electron chi connectivity index (χ2n) is 11.4. The van der Waals surface area contributed by atoms with Gasteiger partial charge in [0, 0.05) is 30.0 Å². The summed E-state index contributed by atoms with van der Waals surface area (Å²) < 4.78 is 5.56. The lowest BCUT2D eigenvalue weighted by molar-refractivity contribution is -0.154. The Hall–Kier alpha value is -2.57. The van der Waals surface area contributed by atoms with Crippen LogP contribution >= 0.6 is 11.6 Å². The first-order chi connectivity index (χ1) is 17.6. The molecule has 2 aromatic rings. The van der Waals surface area contributed by atoms with Gasteiger partial charge in [0.1, 0.15) is 11.8 Å². The molecule has 4 rings (SSSR count). The van der Waals surface area contributed by atoms with Gasteiger partial charge in [-0.15, -0.1) is 0 Å². The van der Waals surface area contributed by atoms with Crippen molar-refractivity contribution in [3.05, 3.63) is 64.7 Å². The molecule has 4 atom stereocenters. The summed E-state index contributed by atoms with van der Waals surface area (Å²) in [5.41, 5.74) is 1.45. The number of methoxy groups -OCH3 is 1. The normalized spacial score (nSPS) is 24.7. The van der Waals surface area contributed by atoms with Crippen LogP contribution in [0.1, 0.15) is 70.0 Å². The number of aliphatic carboxylic acids is 1. The first-order valence-electron chi connectivity index (χ1n) is 13.3. The quantitative estimate of drug-likeness (QED) is 0.456. The summed E-state index contributed by atoms with van der Waals surface area (Å²) in [6.07, 6.45) is 4.79. The standard InChI is InChI=1S/C30H39ClN2O4/c1-30(2,3)23-24(32-18-21-16-11-17-22(31)27(21)37-4)25(19-12-7-5-8-13-19)33(26(23)29(35)36)28(34)20-14-9-6-10-15-20/h5,7-8,11-13,16-17,20,23-26,32H,6,9-10,14-15,18H2,1-4H3,(H,35,36)/t23-,24-,25-,26-/m1/s1. The van der Waals surface area contributed by atoms with Crippen molar-refractivity contribution < 1.29 is 19.4 Å². The van der Waals surface area contributed by atoms with E-state index in [0.29, 0.717) is 17.3 Å². The van der Waals surface area contributed by atoms with Gasteiger partial charge < -0.3 is 20.1 Å². The van der Waals surface area contributed by atoms with E-state index in [-0.39, 0.29) is 29.2 Å². The molecule has 0 bridgehead atoms. The topological polar surface area (TPSA) is 78.9 Å². The van der Waals surface area contributed by atoms with Gasteiger partial charge in [-0.05, 0) is 29.9 Å². The number of amides is 1. The van der Waals surface area contributed by atoms with Crippen LogP contribution in [-0.4, -0.2) is 41.1 Å². The number of carboxylic acids is 1. The van der Waals surface area contributed by atoms with Gasteiger partial charge in [0.05, 0.1) is 18.2 Å². The van der Waals surface area contributed by atoms with E-state index in [4.69, 9.17) is 16.3 Å². The van der Waals surface area contributed by atoms with Crippen molar-refractivity contribution in [3.8, 4) is 5.75 Å². The third-order valence-electron chi connectivity index (χ3n) is 8.05. The zero-order valence-electron chi connectivity index (χ0n) is 22.2. The summed E-state index contributed by atoms with van der Waals surface area (Å²) in [6, 6.07) is 13.8. The summed E-state index contributed by atoms with van der Waals surface area (Å²) in [7, 11) is 1.59. The third kappa shape index (κ3) is 5.65. The van der Waals surface area contributed by atoms with Crippen LogP contribution in [-0.2, 0) is 16.1 Å². The highest BCUT2D eigenvalue weighted by Crippen LogP contribution is 2.49. The molecule has 1 amide bonds. The molecule has 2 fully saturated rings. The molecule has 7 heteroatoms. The minimum absolute atomic E-state index is 0.0279. The van der Waals surface area contributed by atoms with Gasteiger partial charge in [-0.2, -0.15) is 0 Å². The molecule has 37 heavy (non-hydrogen) atoms. The summed E-state index contributed by atoms with van der Waals surface area (Å²) in [5, 5.41) is 14.8. The van der Waals surface area contributed by atoms with E-state index >= 15 is 0 Å². The van der Waals surface area contributed by atoms with Crippen molar-refractivity contribution in [2.45, 2.75) is 77.5 Å². The van der Waals surface area contributed by atoms with Gasteiger partial charge in [-0.1, -0.05) is 94.1 Å². The maximum atomic E-state index is 14.1. The number of halogens is 1. The van der Waals surface area contributed by atoms with Crippen LogP contribution in [0.5, 0.6) is 5.75 Å². The molecule has 1 heterocycles. The average Bonchev–Trinajstić information content (AvgIpc) is 3.24. The molecule has 1 aliphatic heterocycles. The highest BCUT2D eigenvalue weighted by Gasteiger charge is 2.58. The van der Waals surface area contributed by atoms with E-state index in [2.05, 4.69) is 26.1 Å². The number of ether oxygens (including phenoxy) is 1. The van der Waals surface area contributed by atoms with Gasteiger partial charge >= 0.3 is 5.97 Å². The van der Waals surface area contributed by atoms with E-state index in [9.17, 15) is 14.7 Å². The molecule has 0 aromatic heterocycles. The second kappa shape index (κ2) is 11.4. The van der Waals surface area contributed by atoms with Crippen LogP contribution in [0.15, 0.2) is 48.5 Å². The fourth-order valence-corrected chi connectivity index (χ4v) is 6.71. The Morgan fingerprint density at radius 1 is 1.05 bits per heavy atom. The van der Waals surface area contributed by atoms with E-state index < -0.39 is 18.1 Å². The smallest absolute Gasteiger partial charge is 0.326 e. The Kier molecular flexibility index (Phi) is 8.49. The highest BCUT2D eigenvalue weighted by molar-refractivity contribution is 6.32. The fourth-order valence-electron chi connectivity index (χ4n) is 6.44. The maximum absolute atomic E-state index is 14.1. The zero-order valence-corrected chi connectivity index (χ0v) is 23.0. The van der Waals surface area contributed by atoms with E-state index in [0.717, 1.165) is 43.2 Å². The van der Waals surface area contributed by atoms with Crippen molar-refractivity contribution in [1.82, 2.24) is 10.2 Å². The van der Waals surface area contributed by atoms with Crippen molar-refractivity contribution in [2.24, 2.45) is 17.3 Å². The van der Waals surface area contributed by atoms with Gasteiger partial charge in [-0.25, -0.2) is 4.79 Å². The van der Waals surface area contributed by atoms with Gasteiger partial charge in [0.15, 0.2) is 0 Å². The average molecular weight is 527 g/mol. The predicted molar refractivity (Wildman–Crippen MR) is 146 cm³/mol. The predicted octanol–water partition coefficient (Wildman–Crippen LogP) is 6.09.